The Hall–Kier alpha value is -4.25. The molecule has 8 heteroatoms. The molecule has 28 heavy (non-hydrogen) atoms. The lowest BCUT2D eigenvalue weighted by Crippen LogP contribution is -2.03. The van der Waals surface area contributed by atoms with Crippen molar-refractivity contribution in [2.24, 2.45) is 0 Å². The summed E-state index contributed by atoms with van der Waals surface area (Å²) in [7, 11) is 1.28. The van der Waals surface area contributed by atoms with Gasteiger partial charge in [-0.1, -0.05) is 18.2 Å². The van der Waals surface area contributed by atoms with E-state index in [2.05, 4.69) is 21.1 Å². The third kappa shape index (κ3) is 3.78. The third-order valence-electron chi connectivity index (χ3n) is 3.96. The molecule has 0 radical (unpaired) electrons. The first kappa shape index (κ1) is 18.5. The first-order valence-electron chi connectivity index (χ1n) is 8.14. The van der Waals surface area contributed by atoms with Crippen molar-refractivity contribution in [3.05, 3.63) is 81.9 Å². The number of nitrogens with one attached hydrogen (secondary N) is 1. The number of methoxy groups -OCH3 is 1. The van der Waals surface area contributed by atoms with Crippen LogP contribution in [0.3, 0.4) is 0 Å². The van der Waals surface area contributed by atoms with Crippen molar-refractivity contribution in [3.63, 3.8) is 0 Å². The van der Waals surface area contributed by atoms with Gasteiger partial charge in [-0.15, -0.1) is 0 Å². The van der Waals surface area contributed by atoms with Crippen LogP contribution in [-0.4, -0.2) is 23.0 Å². The number of nitro groups is 1. The SMILES string of the molecule is COC(=O)c1ccc(Nc2nc(-c3ccccc3C#N)ccc2[N+](=O)[O-])cc1. The zero-order chi connectivity index (χ0) is 20.1. The van der Waals surface area contributed by atoms with Gasteiger partial charge in [-0.3, -0.25) is 10.1 Å². The smallest absolute Gasteiger partial charge is 0.337 e. The molecule has 0 saturated heterocycles. The summed E-state index contributed by atoms with van der Waals surface area (Å²) in [5.74, 6) is -0.452. The highest BCUT2D eigenvalue weighted by Crippen LogP contribution is 2.30. The van der Waals surface area contributed by atoms with Gasteiger partial charge in [0, 0.05) is 17.3 Å². The molecular formula is C20H14N4O4. The Kier molecular flexibility index (Phi) is 5.28. The molecule has 0 fully saturated rings. The number of hydrogen-bond acceptors (Lipinski definition) is 7. The predicted molar refractivity (Wildman–Crippen MR) is 102 cm³/mol. The van der Waals surface area contributed by atoms with Crippen molar-refractivity contribution >= 4 is 23.2 Å². The van der Waals surface area contributed by atoms with E-state index in [9.17, 15) is 20.2 Å². The van der Waals surface area contributed by atoms with Crippen molar-refractivity contribution < 1.29 is 14.5 Å². The van der Waals surface area contributed by atoms with Crippen LogP contribution in [0.2, 0.25) is 0 Å². The van der Waals surface area contributed by atoms with E-state index in [4.69, 9.17) is 0 Å². The Bertz CT molecular complexity index is 1090. The fraction of sp³-hybridized carbons (Fsp3) is 0.0500. The standard InChI is InChI=1S/C20H14N4O4/c1-28-20(25)13-6-8-15(9-7-13)22-19-18(24(26)27)11-10-17(23-19)16-5-3-2-4-14(16)12-21/h2-11H,1H3,(H,22,23). The average molecular weight is 374 g/mol. The van der Waals surface area contributed by atoms with Gasteiger partial charge in [-0.2, -0.15) is 5.26 Å². The molecule has 3 aromatic rings. The minimum absolute atomic E-state index is 0.0288. The summed E-state index contributed by atoms with van der Waals surface area (Å²) < 4.78 is 4.64. The number of ether oxygens (including phenoxy) is 1. The summed E-state index contributed by atoms with van der Waals surface area (Å²) in [6, 6.07) is 18.0. The van der Waals surface area contributed by atoms with Crippen molar-refractivity contribution in [3.8, 4) is 17.3 Å². The molecule has 138 valence electrons. The Morgan fingerprint density at radius 3 is 2.50 bits per heavy atom. The summed E-state index contributed by atoms with van der Waals surface area (Å²) in [4.78, 5) is 26.7. The summed E-state index contributed by atoms with van der Waals surface area (Å²) in [5, 5.41) is 23.6. The summed E-state index contributed by atoms with van der Waals surface area (Å²) in [6.07, 6.45) is 0. The molecule has 0 spiro atoms. The summed E-state index contributed by atoms with van der Waals surface area (Å²) in [6.45, 7) is 0. The van der Waals surface area contributed by atoms with E-state index in [1.54, 1.807) is 36.4 Å². The molecule has 0 unspecified atom stereocenters. The van der Waals surface area contributed by atoms with Crippen LogP contribution in [0, 0.1) is 21.4 Å². The van der Waals surface area contributed by atoms with E-state index >= 15 is 0 Å². The van der Waals surface area contributed by atoms with Crippen LogP contribution in [-0.2, 0) is 4.74 Å². The van der Waals surface area contributed by atoms with E-state index in [0.29, 0.717) is 28.1 Å². The van der Waals surface area contributed by atoms with Crippen molar-refractivity contribution in [1.29, 1.82) is 5.26 Å². The van der Waals surface area contributed by atoms with Crippen LogP contribution in [0.5, 0.6) is 0 Å². The van der Waals surface area contributed by atoms with Gasteiger partial charge >= 0.3 is 11.7 Å². The molecule has 0 aliphatic carbocycles. The lowest BCUT2D eigenvalue weighted by Gasteiger charge is -2.10. The number of hydrogen-bond donors (Lipinski definition) is 1. The van der Waals surface area contributed by atoms with E-state index in [0.717, 1.165) is 0 Å². The topological polar surface area (TPSA) is 118 Å². The molecule has 0 amide bonds. The Labute approximate surface area is 160 Å². The quantitative estimate of drug-likeness (QED) is 0.406. The maximum atomic E-state index is 11.5. The lowest BCUT2D eigenvalue weighted by molar-refractivity contribution is -0.384. The second kappa shape index (κ2) is 7.97. The number of esters is 1. The van der Waals surface area contributed by atoms with Gasteiger partial charge in [0.2, 0.25) is 5.82 Å². The van der Waals surface area contributed by atoms with Crippen LogP contribution < -0.4 is 5.32 Å². The second-order valence-electron chi connectivity index (χ2n) is 5.67. The van der Waals surface area contributed by atoms with Crippen LogP contribution >= 0.6 is 0 Å². The van der Waals surface area contributed by atoms with Crippen LogP contribution in [0.4, 0.5) is 17.2 Å². The zero-order valence-electron chi connectivity index (χ0n) is 14.7. The second-order valence-corrected chi connectivity index (χ2v) is 5.67. The van der Waals surface area contributed by atoms with Crippen molar-refractivity contribution in [2.75, 3.05) is 12.4 Å². The number of nitriles is 1. The van der Waals surface area contributed by atoms with Gasteiger partial charge in [0.1, 0.15) is 0 Å². The molecule has 0 saturated carbocycles. The molecule has 0 bridgehead atoms. The number of rotatable bonds is 5. The number of nitrogens with zero attached hydrogens (tertiary/aromatic N) is 3. The number of carbonyl (C=O) groups excluding carboxylic acids is 1. The maximum absolute atomic E-state index is 11.5. The summed E-state index contributed by atoms with van der Waals surface area (Å²) >= 11 is 0. The Balaban J connectivity index is 2.00. The van der Waals surface area contributed by atoms with Crippen LogP contribution in [0.25, 0.3) is 11.3 Å². The normalized spacial score (nSPS) is 10.0. The minimum Gasteiger partial charge on any atom is -0.465 e. The van der Waals surface area contributed by atoms with Gasteiger partial charge in [0.05, 0.1) is 34.9 Å². The fourth-order valence-corrected chi connectivity index (χ4v) is 2.59. The lowest BCUT2D eigenvalue weighted by atomic mass is 10.0. The van der Waals surface area contributed by atoms with E-state index < -0.39 is 10.9 Å². The van der Waals surface area contributed by atoms with Gasteiger partial charge in [-0.05, 0) is 36.4 Å². The van der Waals surface area contributed by atoms with Crippen molar-refractivity contribution in [1.82, 2.24) is 4.98 Å². The highest BCUT2D eigenvalue weighted by Gasteiger charge is 2.18. The Morgan fingerprint density at radius 2 is 1.86 bits per heavy atom. The highest BCUT2D eigenvalue weighted by atomic mass is 16.6. The van der Waals surface area contributed by atoms with Gasteiger partial charge < -0.3 is 10.1 Å². The first-order valence-corrected chi connectivity index (χ1v) is 8.14. The number of pyridine rings is 1. The molecule has 8 nitrogen and oxygen atoms in total. The Morgan fingerprint density at radius 1 is 1.14 bits per heavy atom. The molecule has 0 atom stereocenters. The third-order valence-corrected chi connectivity index (χ3v) is 3.96. The zero-order valence-corrected chi connectivity index (χ0v) is 14.7. The average Bonchev–Trinajstić information content (AvgIpc) is 2.73. The predicted octanol–water partition coefficient (Wildman–Crippen LogP) is 4.06. The molecule has 1 aromatic heterocycles. The van der Waals surface area contributed by atoms with E-state index in [-0.39, 0.29) is 11.5 Å². The largest absolute Gasteiger partial charge is 0.465 e. The van der Waals surface area contributed by atoms with Gasteiger partial charge in [-0.25, -0.2) is 9.78 Å². The molecule has 3 rings (SSSR count). The van der Waals surface area contributed by atoms with Crippen LogP contribution in [0.1, 0.15) is 15.9 Å². The number of benzene rings is 2. The molecular weight excluding hydrogens is 360 g/mol. The highest BCUT2D eigenvalue weighted by molar-refractivity contribution is 5.89. The van der Waals surface area contributed by atoms with Crippen molar-refractivity contribution in [2.45, 2.75) is 0 Å². The molecule has 1 heterocycles. The molecule has 0 aliphatic heterocycles. The molecule has 1 N–H and O–H groups in total. The molecule has 0 aliphatic rings. The monoisotopic (exact) mass is 374 g/mol. The fourth-order valence-electron chi connectivity index (χ4n) is 2.59. The molecule has 2 aromatic carbocycles. The van der Waals surface area contributed by atoms with E-state index in [1.165, 1.54) is 31.4 Å². The number of aromatic nitrogens is 1. The van der Waals surface area contributed by atoms with Crippen LogP contribution in [0.15, 0.2) is 60.7 Å². The summed E-state index contributed by atoms with van der Waals surface area (Å²) in [5.41, 5.74) is 2.06. The minimum atomic E-state index is -0.544. The van der Waals surface area contributed by atoms with Gasteiger partial charge in [0.25, 0.3) is 0 Å². The van der Waals surface area contributed by atoms with Gasteiger partial charge in [0.15, 0.2) is 0 Å². The maximum Gasteiger partial charge on any atom is 0.337 e. The number of carbonyl (C=O) groups is 1. The number of anilines is 2. The first-order chi connectivity index (χ1) is 13.5. The van der Waals surface area contributed by atoms with E-state index in [1.807, 2.05) is 0 Å².